The van der Waals surface area contributed by atoms with Crippen LogP contribution >= 0.6 is 23.1 Å². The molecule has 3 aromatic rings. The Labute approximate surface area is 185 Å². The van der Waals surface area contributed by atoms with Crippen LogP contribution in [0, 0.1) is 13.8 Å². The maximum atomic E-state index is 13.4. The predicted molar refractivity (Wildman–Crippen MR) is 124 cm³/mol. The van der Waals surface area contributed by atoms with Gasteiger partial charge in [-0.2, -0.15) is 0 Å². The number of hydrogen-bond donors (Lipinski definition) is 1. The summed E-state index contributed by atoms with van der Waals surface area (Å²) in [6.07, 6.45) is -0.230. The zero-order valence-corrected chi connectivity index (χ0v) is 19.1. The van der Waals surface area contributed by atoms with Gasteiger partial charge in [0.1, 0.15) is 10.3 Å². The van der Waals surface area contributed by atoms with Gasteiger partial charge < -0.3 is 10.1 Å². The topological polar surface area (TPSA) is 55.4 Å². The number of esters is 1. The van der Waals surface area contributed by atoms with E-state index in [-0.39, 0.29) is 12.0 Å². The molecule has 30 heavy (non-hydrogen) atoms. The van der Waals surface area contributed by atoms with Crippen molar-refractivity contribution in [1.82, 2.24) is 0 Å². The van der Waals surface area contributed by atoms with Crippen LogP contribution in [0.5, 0.6) is 0 Å². The van der Waals surface area contributed by atoms with Crippen molar-refractivity contribution in [1.29, 1.82) is 0 Å². The predicted octanol–water partition coefficient (Wildman–Crippen LogP) is 6.40. The van der Waals surface area contributed by atoms with E-state index in [1.165, 1.54) is 23.1 Å². The molecular weight excluding hydrogens is 414 g/mol. The van der Waals surface area contributed by atoms with Crippen molar-refractivity contribution in [3.05, 3.63) is 82.2 Å². The number of aryl methyl sites for hydroxylation is 1. The molecule has 3 rings (SSSR count). The third-order valence-corrected chi connectivity index (χ3v) is 6.90. The molecule has 6 heteroatoms. The molecule has 0 aliphatic heterocycles. The Morgan fingerprint density at radius 3 is 2.17 bits per heavy atom. The standard InChI is InChI=1S/C24H25NO3S2/c1-15(2)28-24(27)20-16(3)17(4)29-23(20)25-22(26)21(18-11-7-5-8-12-18)30-19-13-9-6-10-14-19/h5-15,21H,1-4H3,(H,25,26). The van der Waals surface area contributed by atoms with Crippen molar-refractivity contribution in [2.45, 2.75) is 43.9 Å². The fourth-order valence-electron chi connectivity index (χ4n) is 2.95. The molecule has 156 valence electrons. The minimum absolute atomic E-state index is 0.171. The van der Waals surface area contributed by atoms with Crippen LogP contribution in [0.3, 0.4) is 0 Å². The van der Waals surface area contributed by atoms with Gasteiger partial charge in [-0.05, 0) is 51.0 Å². The molecule has 1 aromatic heterocycles. The molecule has 0 radical (unpaired) electrons. The fourth-order valence-corrected chi connectivity index (χ4v) is 5.04. The Morgan fingerprint density at radius 1 is 0.967 bits per heavy atom. The molecular formula is C24H25NO3S2. The van der Waals surface area contributed by atoms with Crippen LogP contribution < -0.4 is 5.32 Å². The van der Waals surface area contributed by atoms with E-state index in [4.69, 9.17) is 4.74 Å². The first-order chi connectivity index (χ1) is 14.4. The van der Waals surface area contributed by atoms with Gasteiger partial charge in [0.25, 0.3) is 0 Å². The Hall–Kier alpha value is -2.57. The lowest BCUT2D eigenvalue weighted by molar-refractivity contribution is -0.115. The van der Waals surface area contributed by atoms with E-state index in [1.54, 1.807) is 0 Å². The van der Waals surface area contributed by atoms with Crippen molar-refractivity contribution in [3.8, 4) is 0 Å². The van der Waals surface area contributed by atoms with Crippen molar-refractivity contribution < 1.29 is 14.3 Å². The van der Waals surface area contributed by atoms with Crippen LogP contribution in [0.4, 0.5) is 5.00 Å². The van der Waals surface area contributed by atoms with Crippen LogP contribution in [0.15, 0.2) is 65.6 Å². The largest absolute Gasteiger partial charge is 0.459 e. The summed E-state index contributed by atoms with van der Waals surface area (Å²) in [5, 5.41) is 3.09. The summed E-state index contributed by atoms with van der Waals surface area (Å²) >= 11 is 2.88. The number of thiophene rings is 1. The molecule has 2 aromatic carbocycles. The van der Waals surface area contributed by atoms with Gasteiger partial charge in [-0.1, -0.05) is 48.5 Å². The van der Waals surface area contributed by atoms with Crippen LogP contribution in [-0.4, -0.2) is 18.0 Å². The lowest BCUT2D eigenvalue weighted by atomic mass is 10.1. The average Bonchev–Trinajstić information content (AvgIpc) is 3.00. The number of anilines is 1. The number of carbonyl (C=O) groups is 2. The molecule has 1 heterocycles. The lowest BCUT2D eigenvalue weighted by Gasteiger charge is -2.17. The summed E-state index contributed by atoms with van der Waals surface area (Å²) in [5.41, 5.74) is 2.18. The Bertz CT molecular complexity index is 1010. The smallest absolute Gasteiger partial charge is 0.341 e. The number of amides is 1. The quantitative estimate of drug-likeness (QED) is 0.342. The maximum absolute atomic E-state index is 13.4. The highest BCUT2D eigenvalue weighted by Gasteiger charge is 2.27. The second-order valence-electron chi connectivity index (χ2n) is 7.15. The maximum Gasteiger partial charge on any atom is 0.341 e. The first kappa shape index (κ1) is 22.1. The molecule has 1 N–H and O–H groups in total. The second kappa shape index (κ2) is 9.96. The van der Waals surface area contributed by atoms with E-state index in [2.05, 4.69) is 5.32 Å². The van der Waals surface area contributed by atoms with Gasteiger partial charge in [0, 0.05) is 9.77 Å². The van der Waals surface area contributed by atoms with Gasteiger partial charge >= 0.3 is 5.97 Å². The van der Waals surface area contributed by atoms with Gasteiger partial charge in [-0.3, -0.25) is 4.79 Å². The molecule has 1 unspecified atom stereocenters. The summed E-state index contributed by atoms with van der Waals surface area (Å²) in [5.74, 6) is -0.580. The molecule has 1 atom stereocenters. The zero-order valence-electron chi connectivity index (χ0n) is 17.5. The van der Waals surface area contributed by atoms with Gasteiger partial charge in [0.15, 0.2) is 0 Å². The highest BCUT2D eigenvalue weighted by Crippen LogP contribution is 2.38. The molecule has 0 aliphatic rings. The van der Waals surface area contributed by atoms with E-state index in [9.17, 15) is 9.59 Å². The second-order valence-corrected chi connectivity index (χ2v) is 9.56. The SMILES string of the molecule is Cc1sc(NC(=O)C(Sc2ccccc2)c2ccccc2)c(C(=O)OC(C)C)c1C. The molecule has 4 nitrogen and oxygen atoms in total. The Morgan fingerprint density at radius 2 is 1.57 bits per heavy atom. The van der Waals surface area contributed by atoms with Crippen LogP contribution in [0.2, 0.25) is 0 Å². The van der Waals surface area contributed by atoms with E-state index in [1.807, 2.05) is 88.4 Å². The number of rotatable bonds is 7. The number of hydrogen-bond acceptors (Lipinski definition) is 5. The summed E-state index contributed by atoms with van der Waals surface area (Å²) in [4.78, 5) is 28.0. The number of ether oxygens (including phenoxy) is 1. The van der Waals surface area contributed by atoms with E-state index >= 15 is 0 Å². The van der Waals surface area contributed by atoms with E-state index < -0.39 is 11.2 Å². The highest BCUT2D eigenvalue weighted by atomic mass is 32.2. The van der Waals surface area contributed by atoms with Crippen LogP contribution in [0.1, 0.15) is 45.5 Å². The summed E-state index contributed by atoms with van der Waals surface area (Å²) in [7, 11) is 0. The summed E-state index contributed by atoms with van der Waals surface area (Å²) in [6, 6.07) is 19.5. The third kappa shape index (κ3) is 5.32. The van der Waals surface area contributed by atoms with Crippen molar-refractivity contribution in [3.63, 3.8) is 0 Å². The summed E-state index contributed by atoms with van der Waals surface area (Å²) in [6.45, 7) is 7.44. The molecule has 1 amide bonds. The minimum Gasteiger partial charge on any atom is -0.459 e. The molecule has 0 saturated heterocycles. The third-order valence-electron chi connectivity index (χ3n) is 4.51. The first-order valence-corrected chi connectivity index (χ1v) is 11.4. The highest BCUT2D eigenvalue weighted by molar-refractivity contribution is 8.00. The van der Waals surface area contributed by atoms with E-state index in [0.29, 0.717) is 10.6 Å². The zero-order chi connectivity index (χ0) is 21.7. The van der Waals surface area contributed by atoms with Crippen molar-refractivity contribution in [2.24, 2.45) is 0 Å². The first-order valence-electron chi connectivity index (χ1n) is 9.75. The monoisotopic (exact) mass is 439 g/mol. The van der Waals surface area contributed by atoms with Gasteiger partial charge in [-0.15, -0.1) is 23.1 Å². The van der Waals surface area contributed by atoms with Gasteiger partial charge in [0.05, 0.1) is 11.7 Å². The minimum atomic E-state index is -0.453. The van der Waals surface area contributed by atoms with Gasteiger partial charge in [0.2, 0.25) is 5.91 Å². The normalized spacial score (nSPS) is 11.9. The molecule has 0 saturated carbocycles. The molecule has 0 bridgehead atoms. The molecule has 0 spiro atoms. The fraction of sp³-hybridized carbons (Fsp3) is 0.250. The molecule has 0 fully saturated rings. The van der Waals surface area contributed by atoms with Crippen molar-refractivity contribution in [2.75, 3.05) is 5.32 Å². The van der Waals surface area contributed by atoms with Crippen LogP contribution in [-0.2, 0) is 9.53 Å². The number of nitrogens with one attached hydrogen (secondary N) is 1. The summed E-state index contributed by atoms with van der Waals surface area (Å²) < 4.78 is 5.40. The number of benzene rings is 2. The number of carbonyl (C=O) groups excluding carboxylic acids is 2. The Balaban J connectivity index is 1.91. The number of thioether (sulfide) groups is 1. The molecule has 0 aliphatic carbocycles. The average molecular weight is 440 g/mol. The van der Waals surface area contributed by atoms with Gasteiger partial charge in [-0.25, -0.2) is 4.79 Å². The Kier molecular flexibility index (Phi) is 7.34. The van der Waals surface area contributed by atoms with E-state index in [0.717, 1.165) is 20.9 Å². The lowest BCUT2D eigenvalue weighted by Crippen LogP contribution is -2.21. The van der Waals surface area contributed by atoms with Crippen molar-refractivity contribution >= 4 is 40.0 Å². The van der Waals surface area contributed by atoms with Crippen LogP contribution in [0.25, 0.3) is 0 Å².